The van der Waals surface area contributed by atoms with Gasteiger partial charge < -0.3 is 5.32 Å². The second-order valence-corrected chi connectivity index (χ2v) is 5.61. The van der Waals surface area contributed by atoms with Crippen LogP contribution in [0, 0.1) is 13.8 Å². The number of hydrogen-bond acceptors (Lipinski definition) is 2. The summed E-state index contributed by atoms with van der Waals surface area (Å²) in [4.78, 5) is 12.4. The van der Waals surface area contributed by atoms with Crippen LogP contribution in [0.3, 0.4) is 0 Å². The topological polar surface area (TPSA) is 29.1 Å². The highest BCUT2D eigenvalue weighted by Gasteiger charge is 2.14. The van der Waals surface area contributed by atoms with E-state index in [1.165, 1.54) is 22.3 Å². The summed E-state index contributed by atoms with van der Waals surface area (Å²) < 4.78 is 0. The Morgan fingerprint density at radius 3 is 2.60 bits per heavy atom. The molecule has 0 fully saturated rings. The van der Waals surface area contributed by atoms with E-state index in [1.54, 1.807) is 0 Å². The van der Waals surface area contributed by atoms with Gasteiger partial charge in [0.1, 0.15) is 0 Å². The van der Waals surface area contributed by atoms with Crippen molar-refractivity contribution in [1.29, 1.82) is 0 Å². The van der Waals surface area contributed by atoms with Crippen molar-refractivity contribution >= 4 is 5.78 Å². The lowest BCUT2D eigenvalue weighted by atomic mass is 9.97. The number of fused-ring (bicyclic) bond motifs is 1. The fourth-order valence-corrected chi connectivity index (χ4v) is 2.67. The molecule has 2 aromatic rings. The highest BCUT2D eigenvalue weighted by molar-refractivity contribution is 5.97. The fourth-order valence-electron chi connectivity index (χ4n) is 2.67. The van der Waals surface area contributed by atoms with E-state index in [9.17, 15) is 4.79 Å². The largest absolute Gasteiger partial charge is 0.309 e. The molecule has 0 bridgehead atoms. The zero-order valence-corrected chi connectivity index (χ0v) is 12.0. The molecular formula is C18H19NO. The van der Waals surface area contributed by atoms with Crippen LogP contribution in [0.2, 0.25) is 0 Å². The monoisotopic (exact) mass is 265 g/mol. The van der Waals surface area contributed by atoms with Crippen LogP contribution >= 0.6 is 0 Å². The number of nitrogens with one attached hydrogen (secondary N) is 1. The van der Waals surface area contributed by atoms with Crippen LogP contribution in [-0.2, 0) is 19.5 Å². The summed E-state index contributed by atoms with van der Waals surface area (Å²) in [5.41, 5.74) is 7.00. The third-order valence-electron chi connectivity index (χ3n) is 4.10. The lowest BCUT2D eigenvalue weighted by Crippen LogP contribution is -2.05. The third kappa shape index (κ3) is 2.52. The molecule has 0 atom stereocenters. The van der Waals surface area contributed by atoms with E-state index >= 15 is 0 Å². The molecular weight excluding hydrogens is 246 g/mol. The normalized spacial score (nSPS) is 13.3. The van der Waals surface area contributed by atoms with Crippen LogP contribution in [0.5, 0.6) is 0 Å². The Kier molecular flexibility index (Phi) is 3.41. The van der Waals surface area contributed by atoms with Gasteiger partial charge in [-0.05, 0) is 47.7 Å². The van der Waals surface area contributed by atoms with E-state index in [-0.39, 0.29) is 5.78 Å². The zero-order chi connectivity index (χ0) is 14.1. The summed E-state index contributed by atoms with van der Waals surface area (Å²) in [6, 6.07) is 12.3. The van der Waals surface area contributed by atoms with Crippen molar-refractivity contribution in [3.8, 4) is 0 Å². The van der Waals surface area contributed by atoms with Gasteiger partial charge >= 0.3 is 0 Å². The van der Waals surface area contributed by atoms with Crippen LogP contribution in [0.25, 0.3) is 0 Å². The predicted molar refractivity (Wildman–Crippen MR) is 80.9 cm³/mol. The summed E-state index contributed by atoms with van der Waals surface area (Å²) in [7, 11) is 0. The molecule has 1 aliphatic heterocycles. The first-order valence-electron chi connectivity index (χ1n) is 7.05. The molecule has 0 amide bonds. The molecule has 102 valence electrons. The van der Waals surface area contributed by atoms with E-state index in [4.69, 9.17) is 0 Å². The van der Waals surface area contributed by atoms with Gasteiger partial charge in [-0.1, -0.05) is 30.3 Å². The van der Waals surface area contributed by atoms with Gasteiger partial charge in [-0.25, -0.2) is 0 Å². The van der Waals surface area contributed by atoms with Gasteiger partial charge in [0, 0.05) is 25.1 Å². The average Bonchev–Trinajstić information content (AvgIpc) is 2.90. The van der Waals surface area contributed by atoms with Gasteiger partial charge in [-0.2, -0.15) is 0 Å². The number of rotatable bonds is 3. The van der Waals surface area contributed by atoms with E-state index < -0.39 is 0 Å². The molecule has 0 radical (unpaired) electrons. The van der Waals surface area contributed by atoms with Crippen molar-refractivity contribution in [1.82, 2.24) is 5.32 Å². The van der Waals surface area contributed by atoms with Crippen LogP contribution in [0.15, 0.2) is 36.4 Å². The first-order valence-corrected chi connectivity index (χ1v) is 7.05. The third-order valence-corrected chi connectivity index (χ3v) is 4.10. The molecule has 1 aliphatic rings. The van der Waals surface area contributed by atoms with Crippen LogP contribution in [-0.4, -0.2) is 5.78 Å². The van der Waals surface area contributed by atoms with Crippen molar-refractivity contribution in [3.63, 3.8) is 0 Å². The number of carbonyl (C=O) groups excluding carboxylic acids is 1. The number of hydrogen-bond donors (Lipinski definition) is 1. The van der Waals surface area contributed by atoms with Crippen molar-refractivity contribution in [2.24, 2.45) is 0 Å². The van der Waals surface area contributed by atoms with Gasteiger partial charge in [0.05, 0.1) is 0 Å². The van der Waals surface area contributed by atoms with E-state index in [2.05, 4.69) is 43.4 Å². The number of ketones is 1. The standard InChI is InChI=1S/C18H19NO/c1-12-3-4-14(7-13(12)2)8-18(20)15-5-6-16-10-19-11-17(16)9-15/h3-7,9,19H,8,10-11H2,1-2H3. The zero-order valence-electron chi connectivity index (χ0n) is 12.0. The van der Waals surface area contributed by atoms with Gasteiger partial charge in [0.2, 0.25) is 0 Å². The molecule has 2 aromatic carbocycles. The lowest BCUT2D eigenvalue weighted by Gasteiger charge is -2.06. The van der Waals surface area contributed by atoms with Crippen molar-refractivity contribution < 1.29 is 4.79 Å². The van der Waals surface area contributed by atoms with E-state index in [0.29, 0.717) is 6.42 Å². The summed E-state index contributed by atoms with van der Waals surface area (Å²) in [6.45, 7) is 5.97. The Bertz CT molecular complexity index is 673. The molecule has 2 heteroatoms. The minimum atomic E-state index is 0.197. The lowest BCUT2D eigenvalue weighted by molar-refractivity contribution is 0.0993. The molecule has 1 heterocycles. The van der Waals surface area contributed by atoms with E-state index in [0.717, 1.165) is 24.2 Å². The maximum atomic E-state index is 12.4. The summed E-state index contributed by atoms with van der Waals surface area (Å²) in [5, 5.41) is 3.31. The SMILES string of the molecule is Cc1ccc(CC(=O)c2ccc3c(c2)CNC3)cc1C. The van der Waals surface area contributed by atoms with E-state index in [1.807, 2.05) is 12.1 Å². The van der Waals surface area contributed by atoms with Crippen molar-refractivity contribution in [3.05, 3.63) is 69.8 Å². The molecule has 0 saturated heterocycles. The first-order chi connectivity index (χ1) is 9.63. The highest BCUT2D eigenvalue weighted by atomic mass is 16.1. The minimum absolute atomic E-state index is 0.197. The summed E-state index contributed by atoms with van der Waals surface area (Å²) in [6.07, 6.45) is 0.479. The Morgan fingerprint density at radius 1 is 1.00 bits per heavy atom. The Morgan fingerprint density at radius 2 is 1.80 bits per heavy atom. The molecule has 0 unspecified atom stereocenters. The van der Waals surface area contributed by atoms with Crippen LogP contribution in [0.1, 0.15) is 38.2 Å². The fraction of sp³-hybridized carbons (Fsp3) is 0.278. The molecule has 0 aromatic heterocycles. The molecule has 1 N–H and O–H groups in total. The summed E-state index contributed by atoms with van der Waals surface area (Å²) >= 11 is 0. The Hall–Kier alpha value is -1.93. The Balaban J connectivity index is 1.80. The second kappa shape index (κ2) is 5.22. The second-order valence-electron chi connectivity index (χ2n) is 5.61. The molecule has 3 rings (SSSR count). The quantitative estimate of drug-likeness (QED) is 0.862. The highest BCUT2D eigenvalue weighted by Crippen LogP contribution is 2.19. The molecule has 20 heavy (non-hydrogen) atoms. The van der Waals surface area contributed by atoms with Gasteiger partial charge in [0.25, 0.3) is 0 Å². The predicted octanol–water partition coefficient (Wildman–Crippen LogP) is 3.33. The average molecular weight is 265 g/mol. The maximum absolute atomic E-state index is 12.4. The van der Waals surface area contributed by atoms with Gasteiger partial charge in [0.15, 0.2) is 5.78 Å². The van der Waals surface area contributed by atoms with Crippen molar-refractivity contribution in [2.45, 2.75) is 33.4 Å². The van der Waals surface area contributed by atoms with Crippen molar-refractivity contribution in [2.75, 3.05) is 0 Å². The number of aryl methyl sites for hydroxylation is 2. The maximum Gasteiger partial charge on any atom is 0.167 e. The Labute approximate surface area is 119 Å². The molecule has 0 saturated carbocycles. The number of benzene rings is 2. The number of Topliss-reactive ketones (excluding diaryl/α,β-unsaturated/α-hetero) is 1. The minimum Gasteiger partial charge on any atom is -0.309 e. The molecule has 2 nitrogen and oxygen atoms in total. The smallest absolute Gasteiger partial charge is 0.167 e. The van der Waals surface area contributed by atoms with Gasteiger partial charge in [-0.15, -0.1) is 0 Å². The first kappa shape index (κ1) is 13.1. The van der Waals surface area contributed by atoms with Gasteiger partial charge in [-0.3, -0.25) is 4.79 Å². The molecule has 0 aliphatic carbocycles. The molecule has 0 spiro atoms. The summed E-state index contributed by atoms with van der Waals surface area (Å²) in [5.74, 6) is 0.197. The number of carbonyl (C=O) groups is 1. The van der Waals surface area contributed by atoms with Crippen LogP contribution < -0.4 is 5.32 Å². The van der Waals surface area contributed by atoms with Crippen LogP contribution in [0.4, 0.5) is 0 Å².